The maximum atomic E-state index is 5.94. The predicted molar refractivity (Wildman–Crippen MR) is 109 cm³/mol. The molecule has 0 spiro atoms. The molecule has 0 atom stereocenters. The van der Waals surface area contributed by atoms with E-state index in [2.05, 4.69) is 21.5 Å². The van der Waals surface area contributed by atoms with Gasteiger partial charge in [-0.05, 0) is 50.6 Å². The highest BCUT2D eigenvalue weighted by molar-refractivity contribution is 5.82. The summed E-state index contributed by atoms with van der Waals surface area (Å²) >= 11 is 0. The first-order valence-corrected chi connectivity index (χ1v) is 8.88. The number of aromatic nitrogens is 4. The molecule has 0 saturated heterocycles. The maximum absolute atomic E-state index is 5.94. The van der Waals surface area contributed by atoms with Crippen molar-refractivity contribution in [3.05, 3.63) is 84.6 Å². The van der Waals surface area contributed by atoms with Gasteiger partial charge in [0, 0.05) is 24.2 Å². The van der Waals surface area contributed by atoms with Gasteiger partial charge in [0.05, 0.1) is 29.2 Å². The molecule has 0 aliphatic rings. The van der Waals surface area contributed by atoms with Crippen LogP contribution in [-0.2, 0) is 0 Å². The first-order valence-electron chi connectivity index (χ1n) is 8.88. The van der Waals surface area contributed by atoms with Crippen molar-refractivity contribution in [3.8, 4) is 5.88 Å². The molecular formula is C22H20N4O2. The Kier molecular flexibility index (Phi) is 4.53. The van der Waals surface area contributed by atoms with E-state index in [9.17, 15) is 0 Å². The van der Waals surface area contributed by atoms with Crippen LogP contribution in [0.5, 0.6) is 5.88 Å². The lowest BCUT2D eigenvalue weighted by Crippen LogP contribution is -2.02. The largest absolute Gasteiger partial charge is 0.464 e. The minimum atomic E-state index is 0.514. The molecule has 4 rings (SSSR count). The van der Waals surface area contributed by atoms with Gasteiger partial charge in [0.1, 0.15) is 11.3 Å². The summed E-state index contributed by atoms with van der Waals surface area (Å²) in [7, 11) is 0. The Labute approximate surface area is 162 Å². The molecule has 0 bridgehead atoms. The lowest BCUT2D eigenvalue weighted by Gasteiger charge is -2.12. The van der Waals surface area contributed by atoms with Crippen LogP contribution in [-0.4, -0.2) is 19.4 Å². The molecule has 0 aromatic carbocycles. The molecule has 28 heavy (non-hydrogen) atoms. The third-order valence-corrected chi connectivity index (χ3v) is 4.43. The second-order valence-electron chi connectivity index (χ2n) is 6.54. The molecule has 6 heteroatoms. The van der Waals surface area contributed by atoms with Crippen LogP contribution in [0.1, 0.15) is 25.2 Å². The molecule has 6 nitrogen and oxygen atoms in total. The number of imidazole rings is 1. The van der Waals surface area contributed by atoms with Crippen molar-refractivity contribution in [1.82, 2.24) is 19.4 Å². The van der Waals surface area contributed by atoms with E-state index < -0.39 is 0 Å². The molecule has 0 unspecified atom stereocenters. The molecule has 0 radical (unpaired) electrons. The van der Waals surface area contributed by atoms with E-state index in [1.54, 1.807) is 24.9 Å². The van der Waals surface area contributed by atoms with Crippen molar-refractivity contribution in [2.24, 2.45) is 0 Å². The number of aryl methyl sites for hydroxylation is 1. The minimum absolute atomic E-state index is 0.514. The van der Waals surface area contributed by atoms with E-state index in [1.165, 1.54) is 0 Å². The lowest BCUT2D eigenvalue weighted by molar-refractivity contribution is 0.416. The highest BCUT2D eigenvalue weighted by Crippen LogP contribution is 2.27. The predicted octanol–water partition coefficient (Wildman–Crippen LogP) is 5.12. The number of furan rings is 1. The Morgan fingerprint density at radius 2 is 2.00 bits per heavy atom. The van der Waals surface area contributed by atoms with Crippen molar-refractivity contribution in [3.63, 3.8) is 0 Å². The van der Waals surface area contributed by atoms with E-state index in [0.29, 0.717) is 11.6 Å². The first-order chi connectivity index (χ1) is 13.5. The number of rotatable bonds is 5. The van der Waals surface area contributed by atoms with Gasteiger partial charge in [-0.15, -0.1) is 0 Å². The summed E-state index contributed by atoms with van der Waals surface area (Å²) in [6.07, 6.45) is 12.6. The standard InChI is InChI=1S/C22H20N4O2/c1-14(2)17(21-16(4)25-13-20-23-10-11-26(20)21)6-5-15(3)28-22-18-8-12-27-19(18)7-9-24-22/h5-13H,1H2,2-4H3/b15-5+,17-6+. The van der Waals surface area contributed by atoms with Crippen molar-refractivity contribution in [2.75, 3.05) is 0 Å². The first kappa shape index (κ1) is 17.7. The Morgan fingerprint density at radius 3 is 2.82 bits per heavy atom. The average Bonchev–Trinajstić information content (AvgIpc) is 3.32. The molecule has 0 aliphatic heterocycles. The maximum Gasteiger partial charge on any atom is 0.229 e. The number of fused-ring (bicyclic) bond motifs is 2. The zero-order valence-corrected chi connectivity index (χ0v) is 16.0. The molecule has 140 valence electrons. The molecule has 4 heterocycles. The zero-order chi connectivity index (χ0) is 19.7. The van der Waals surface area contributed by atoms with Crippen LogP contribution in [0.4, 0.5) is 0 Å². The van der Waals surface area contributed by atoms with Gasteiger partial charge < -0.3 is 9.15 Å². The number of pyridine rings is 1. The zero-order valence-electron chi connectivity index (χ0n) is 16.0. The molecule has 0 fully saturated rings. The SMILES string of the molecule is C=C(C)/C(=C\C=C(/C)Oc1nccc2occc12)c1c(C)ncc2nccn12. The molecule has 4 aromatic heterocycles. The molecule has 0 amide bonds. The van der Waals surface area contributed by atoms with Crippen LogP contribution < -0.4 is 4.74 Å². The number of hydrogen-bond donors (Lipinski definition) is 0. The van der Waals surface area contributed by atoms with Crippen molar-refractivity contribution in [1.29, 1.82) is 0 Å². The second-order valence-corrected chi connectivity index (χ2v) is 6.54. The summed E-state index contributed by atoms with van der Waals surface area (Å²) in [6, 6.07) is 3.65. The summed E-state index contributed by atoms with van der Waals surface area (Å²) in [5, 5.41) is 0.836. The Morgan fingerprint density at radius 1 is 1.14 bits per heavy atom. The smallest absolute Gasteiger partial charge is 0.229 e. The molecule has 0 saturated carbocycles. The molecule has 4 aromatic rings. The van der Waals surface area contributed by atoms with Gasteiger partial charge >= 0.3 is 0 Å². The summed E-state index contributed by atoms with van der Waals surface area (Å²) < 4.78 is 13.3. The third kappa shape index (κ3) is 3.20. The highest BCUT2D eigenvalue weighted by atomic mass is 16.5. The van der Waals surface area contributed by atoms with Crippen molar-refractivity contribution in [2.45, 2.75) is 20.8 Å². The topological polar surface area (TPSA) is 65.5 Å². The van der Waals surface area contributed by atoms with E-state index in [0.717, 1.165) is 39.2 Å². The van der Waals surface area contributed by atoms with Crippen LogP contribution in [0.15, 0.2) is 77.7 Å². The van der Waals surface area contributed by atoms with Gasteiger partial charge in [0.25, 0.3) is 0 Å². The second kappa shape index (κ2) is 7.15. The Balaban J connectivity index is 1.72. The molecule has 0 aliphatic carbocycles. The summed E-state index contributed by atoms with van der Waals surface area (Å²) in [4.78, 5) is 13.1. The van der Waals surface area contributed by atoms with Crippen LogP contribution >= 0.6 is 0 Å². The van der Waals surface area contributed by atoms with Crippen LogP contribution in [0.3, 0.4) is 0 Å². The van der Waals surface area contributed by atoms with Gasteiger partial charge in [0.15, 0.2) is 5.65 Å². The van der Waals surface area contributed by atoms with Gasteiger partial charge in [0.2, 0.25) is 5.88 Å². The molecule has 0 N–H and O–H groups in total. The van der Waals surface area contributed by atoms with Gasteiger partial charge in [-0.2, -0.15) is 0 Å². The van der Waals surface area contributed by atoms with Gasteiger partial charge in [-0.3, -0.25) is 9.38 Å². The normalized spacial score (nSPS) is 12.7. The summed E-state index contributed by atoms with van der Waals surface area (Å²) in [6.45, 7) is 9.97. The van der Waals surface area contributed by atoms with Crippen molar-refractivity contribution >= 4 is 22.2 Å². The van der Waals surface area contributed by atoms with E-state index in [1.807, 2.05) is 55.7 Å². The van der Waals surface area contributed by atoms with Gasteiger partial charge in [-0.1, -0.05) is 6.58 Å². The fourth-order valence-electron chi connectivity index (χ4n) is 3.08. The number of ether oxygens (including phenoxy) is 1. The number of hydrogen-bond acceptors (Lipinski definition) is 5. The van der Waals surface area contributed by atoms with Crippen LogP contribution in [0, 0.1) is 6.92 Å². The van der Waals surface area contributed by atoms with Crippen LogP contribution in [0.2, 0.25) is 0 Å². The summed E-state index contributed by atoms with van der Waals surface area (Å²) in [5.41, 5.74) is 5.28. The Hall–Kier alpha value is -3.67. The summed E-state index contributed by atoms with van der Waals surface area (Å²) in [5.74, 6) is 1.21. The minimum Gasteiger partial charge on any atom is -0.464 e. The fraction of sp³-hybridized carbons (Fsp3) is 0.136. The highest BCUT2D eigenvalue weighted by Gasteiger charge is 2.12. The van der Waals surface area contributed by atoms with E-state index >= 15 is 0 Å². The quantitative estimate of drug-likeness (QED) is 0.359. The van der Waals surface area contributed by atoms with Crippen molar-refractivity contribution < 1.29 is 9.15 Å². The van der Waals surface area contributed by atoms with Gasteiger partial charge in [-0.25, -0.2) is 9.97 Å². The number of nitrogens with zero attached hydrogens (tertiary/aromatic N) is 4. The fourth-order valence-corrected chi connectivity index (χ4v) is 3.08. The third-order valence-electron chi connectivity index (χ3n) is 4.43. The van der Waals surface area contributed by atoms with E-state index in [4.69, 9.17) is 9.15 Å². The van der Waals surface area contributed by atoms with E-state index in [-0.39, 0.29) is 0 Å². The molecular weight excluding hydrogens is 352 g/mol. The monoisotopic (exact) mass is 372 g/mol. The average molecular weight is 372 g/mol. The van der Waals surface area contributed by atoms with Crippen LogP contribution in [0.25, 0.3) is 22.2 Å². The number of allylic oxidation sites excluding steroid dienone is 5. The Bertz CT molecular complexity index is 1240. The lowest BCUT2D eigenvalue weighted by atomic mass is 10.0.